The lowest BCUT2D eigenvalue weighted by Crippen LogP contribution is -2.30. The molecule has 0 aromatic carbocycles. The maximum Gasteiger partial charge on any atom is 0.472 e. The van der Waals surface area contributed by atoms with Crippen LogP contribution in [0.2, 0.25) is 0 Å². The van der Waals surface area contributed by atoms with Crippen molar-refractivity contribution >= 4 is 39.5 Å². The molecule has 99 heavy (non-hydrogen) atoms. The number of hydrogen-bond acceptors (Lipinski definition) is 15. The Hall–Kier alpha value is -1.94. The van der Waals surface area contributed by atoms with Crippen LogP contribution in [0.15, 0.2) is 0 Å². The lowest BCUT2D eigenvalue weighted by atomic mass is 9.99. The van der Waals surface area contributed by atoms with Crippen LogP contribution in [0.1, 0.15) is 426 Å². The van der Waals surface area contributed by atoms with E-state index in [-0.39, 0.29) is 25.7 Å². The molecule has 0 aliphatic carbocycles. The van der Waals surface area contributed by atoms with Crippen molar-refractivity contribution in [3.8, 4) is 0 Å². The first-order valence-corrected chi connectivity index (χ1v) is 44.7. The minimum Gasteiger partial charge on any atom is -0.462 e. The van der Waals surface area contributed by atoms with Crippen LogP contribution in [0.4, 0.5) is 0 Å². The summed E-state index contributed by atoms with van der Waals surface area (Å²) in [5.74, 6) is -1.30. The molecule has 0 saturated carbocycles. The lowest BCUT2D eigenvalue weighted by molar-refractivity contribution is -0.161. The van der Waals surface area contributed by atoms with E-state index >= 15 is 0 Å². The molecule has 19 heteroatoms. The number of hydrogen-bond donors (Lipinski definition) is 3. The number of aliphatic hydroxyl groups excluding tert-OH is 1. The summed E-state index contributed by atoms with van der Waals surface area (Å²) in [5.41, 5.74) is 0. The van der Waals surface area contributed by atoms with Crippen molar-refractivity contribution in [2.45, 2.75) is 445 Å². The SMILES string of the molecule is CCCCCCCCCCCCCCCCCCCCCC(=O)O[C@H](COC(=O)CCCCCCCCCCCCC(C)CC)COP(=O)(O)OC[C@@H](O)COP(=O)(O)OC[C@@H](COC(=O)CCCCCCCCCCCCCC)OC(=O)CCCCCCCCCCCCCCCC. The maximum atomic E-state index is 13.1. The van der Waals surface area contributed by atoms with Crippen molar-refractivity contribution in [3.63, 3.8) is 0 Å². The van der Waals surface area contributed by atoms with E-state index in [4.69, 9.17) is 37.0 Å². The van der Waals surface area contributed by atoms with Gasteiger partial charge in [-0.05, 0) is 31.6 Å². The molecule has 3 N–H and O–H groups in total. The quantitative estimate of drug-likeness (QED) is 0.0222. The number of carbonyl (C=O) groups is 4. The maximum absolute atomic E-state index is 13.1. The van der Waals surface area contributed by atoms with Gasteiger partial charge in [0.15, 0.2) is 12.2 Å². The number of phosphoric ester groups is 2. The van der Waals surface area contributed by atoms with Gasteiger partial charge in [-0.1, -0.05) is 375 Å². The molecular weight excluding hydrogens is 1290 g/mol. The van der Waals surface area contributed by atoms with E-state index in [1.165, 1.54) is 250 Å². The van der Waals surface area contributed by atoms with Gasteiger partial charge in [0, 0.05) is 25.7 Å². The number of aliphatic hydroxyl groups is 1. The van der Waals surface area contributed by atoms with Crippen LogP contribution < -0.4 is 0 Å². The third-order valence-corrected chi connectivity index (χ3v) is 21.0. The molecule has 17 nitrogen and oxygen atoms in total. The molecule has 0 rings (SSSR count). The van der Waals surface area contributed by atoms with Crippen molar-refractivity contribution < 1.29 is 80.2 Å². The summed E-state index contributed by atoms with van der Waals surface area (Å²) < 4.78 is 68.7. The van der Waals surface area contributed by atoms with E-state index in [1.54, 1.807) is 0 Å². The molecule has 588 valence electrons. The van der Waals surface area contributed by atoms with E-state index in [0.717, 1.165) is 95.8 Å². The number of ether oxygens (including phenoxy) is 4. The summed E-state index contributed by atoms with van der Waals surface area (Å²) in [4.78, 5) is 73.0. The number of rotatable bonds is 80. The number of phosphoric acid groups is 2. The first-order chi connectivity index (χ1) is 48.1. The molecule has 0 saturated heterocycles. The van der Waals surface area contributed by atoms with Crippen LogP contribution in [0, 0.1) is 5.92 Å². The van der Waals surface area contributed by atoms with E-state index in [2.05, 4.69) is 34.6 Å². The molecule has 0 amide bonds. The van der Waals surface area contributed by atoms with Crippen LogP contribution in [-0.2, 0) is 65.4 Å². The molecule has 0 aliphatic rings. The van der Waals surface area contributed by atoms with Crippen LogP contribution >= 0.6 is 15.6 Å². The fourth-order valence-electron chi connectivity index (χ4n) is 12.4. The highest BCUT2D eigenvalue weighted by Gasteiger charge is 2.30. The van der Waals surface area contributed by atoms with Gasteiger partial charge in [-0.15, -0.1) is 0 Å². The zero-order valence-corrected chi connectivity index (χ0v) is 66.4. The van der Waals surface area contributed by atoms with Crippen molar-refractivity contribution in [2.75, 3.05) is 39.6 Å². The van der Waals surface area contributed by atoms with E-state index in [1.807, 2.05) is 0 Å². The molecular formula is C80H156O17P2. The molecule has 6 atom stereocenters. The zero-order chi connectivity index (χ0) is 72.7. The molecule has 0 radical (unpaired) electrons. The molecule has 3 unspecified atom stereocenters. The first kappa shape index (κ1) is 97.1. The second-order valence-corrected chi connectivity index (χ2v) is 32.0. The Balaban J connectivity index is 5.25. The third-order valence-electron chi connectivity index (χ3n) is 19.1. The fourth-order valence-corrected chi connectivity index (χ4v) is 14.0. The van der Waals surface area contributed by atoms with Gasteiger partial charge < -0.3 is 33.8 Å². The molecule has 0 fully saturated rings. The van der Waals surface area contributed by atoms with Crippen molar-refractivity contribution in [1.82, 2.24) is 0 Å². The summed E-state index contributed by atoms with van der Waals surface area (Å²) in [6.45, 7) is 7.36. The van der Waals surface area contributed by atoms with Gasteiger partial charge in [-0.3, -0.25) is 37.3 Å². The highest BCUT2D eigenvalue weighted by molar-refractivity contribution is 7.47. The molecule has 0 aromatic rings. The number of carbonyl (C=O) groups excluding carboxylic acids is 4. The Morgan fingerprint density at radius 1 is 0.283 bits per heavy atom. The predicted molar refractivity (Wildman–Crippen MR) is 405 cm³/mol. The van der Waals surface area contributed by atoms with Crippen molar-refractivity contribution in [3.05, 3.63) is 0 Å². The summed E-state index contributed by atoms with van der Waals surface area (Å²) in [6.07, 6.45) is 63.6. The Morgan fingerprint density at radius 3 is 0.717 bits per heavy atom. The zero-order valence-electron chi connectivity index (χ0n) is 64.6. The van der Waals surface area contributed by atoms with Crippen LogP contribution in [0.5, 0.6) is 0 Å². The Labute approximate surface area is 607 Å². The largest absolute Gasteiger partial charge is 0.472 e. The summed E-state index contributed by atoms with van der Waals surface area (Å²) in [6, 6.07) is 0. The molecule has 0 aromatic heterocycles. The van der Waals surface area contributed by atoms with Gasteiger partial charge in [0.1, 0.15) is 19.3 Å². The minimum atomic E-state index is -4.96. The summed E-state index contributed by atoms with van der Waals surface area (Å²) >= 11 is 0. The third kappa shape index (κ3) is 72.8. The minimum absolute atomic E-state index is 0.109. The monoisotopic (exact) mass is 1450 g/mol. The summed E-state index contributed by atoms with van der Waals surface area (Å²) in [5, 5.41) is 10.6. The average Bonchev–Trinajstić information content (AvgIpc) is 1.81. The molecule has 0 spiro atoms. The van der Waals surface area contributed by atoms with E-state index in [0.29, 0.717) is 25.7 Å². The Morgan fingerprint density at radius 2 is 0.485 bits per heavy atom. The van der Waals surface area contributed by atoms with E-state index < -0.39 is 97.5 Å². The van der Waals surface area contributed by atoms with E-state index in [9.17, 15) is 43.2 Å². The van der Waals surface area contributed by atoms with Gasteiger partial charge in [0.05, 0.1) is 26.4 Å². The fraction of sp³-hybridized carbons (Fsp3) is 0.950. The van der Waals surface area contributed by atoms with Crippen LogP contribution in [0.3, 0.4) is 0 Å². The molecule has 0 heterocycles. The number of unbranched alkanes of at least 4 members (excludes halogenated alkanes) is 51. The Bertz CT molecular complexity index is 1890. The summed E-state index contributed by atoms with van der Waals surface area (Å²) in [7, 11) is -9.92. The van der Waals surface area contributed by atoms with Crippen molar-refractivity contribution in [1.29, 1.82) is 0 Å². The topological polar surface area (TPSA) is 237 Å². The van der Waals surface area contributed by atoms with Crippen LogP contribution in [-0.4, -0.2) is 96.7 Å². The van der Waals surface area contributed by atoms with Gasteiger partial charge in [-0.25, -0.2) is 9.13 Å². The average molecular weight is 1450 g/mol. The lowest BCUT2D eigenvalue weighted by Gasteiger charge is -2.21. The smallest absolute Gasteiger partial charge is 0.462 e. The highest BCUT2D eigenvalue weighted by atomic mass is 31.2. The second-order valence-electron chi connectivity index (χ2n) is 29.1. The first-order valence-electron chi connectivity index (χ1n) is 41.7. The highest BCUT2D eigenvalue weighted by Crippen LogP contribution is 2.45. The Kier molecular flexibility index (Phi) is 71.6. The van der Waals surface area contributed by atoms with Gasteiger partial charge >= 0.3 is 39.5 Å². The van der Waals surface area contributed by atoms with Gasteiger partial charge in [0.25, 0.3) is 0 Å². The molecule has 0 bridgehead atoms. The predicted octanol–water partition coefficient (Wildman–Crippen LogP) is 24.0. The van der Waals surface area contributed by atoms with Crippen LogP contribution in [0.25, 0.3) is 0 Å². The van der Waals surface area contributed by atoms with Gasteiger partial charge in [-0.2, -0.15) is 0 Å². The molecule has 0 aliphatic heterocycles. The number of esters is 4. The van der Waals surface area contributed by atoms with Crippen molar-refractivity contribution in [2.24, 2.45) is 5.92 Å². The van der Waals surface area contributed by atoms with Gasteiger partial charge in [0.2, 0.25) is 0 Å². The normalized spacial score (nSPS) is 14.1. The standard InChI is InChI=1S/C80H156O17P2/c1-6-10-13-16-19-22-25-28-30-31-32-33-34-36-39-46-51-56-61-66-80(85)97-76(70-91-78(83)64-59-54-49-44-41-40-42-47-52-57-62-73(5)9-4)72-95-99(88,89)93-68-74(81)67-92-98(86,87)94-71-75(69-90-77(82)63-58-53-48-43-37-27-24-21-18-15-12-8-3)96-79(84)65-60-55-50-45-38-35-29-26-23-20-17-14-11-7-2/h73-76,81H,6-72H2,1-5H3,(H,86,87)(H,88,89)/t73?,74-,75+,76+/m0/s1. The second kappa shape index (κ2) is 73.0.